The van der Waals surface area contributed by atoms with Crippen molar-refractivity contribution in [1.82, 2.24) is 10.2 Å². The molecule has 0 unspecified atom stereocenters. The molecule has 6 heteroatoms. The van der Waals surface area contributed by atoms with E-state index in [-0.39, 0.29) is 11.8 Å². The summed E-state index contributed by atoms with van der Waals surface area (Å²) >= 11 is 6.70. The van der Waals surface area contributed by atoms with Crippen LogP contribution in [-0.2, 0) is 4.79 Å². The molecule has 0 aromatic heterocycles. The Labute approximate surface area is 135 Å². The van der Waals surface area contributed by atoms with E-state index in [9.17, 15) is 9.59 Å². The summed E-state index contributed by atoms with van der Waals surface area (Å²) in [6.07, 6.45) is 2.54. The fraction of sp³-hybridized carbons (Fsp3) is 0.429. The van der Waals surface area contributed by atoms with Gasteiger partial charge in [0, 0.05) is 35.0 Å². The van der Waals surface area contributed by atoms with Crippen molar-refractivity contribution in [1.29, 1.82) is 0 Å². The lowest BCUT2D eigenvalue weighted by atomic mass is 10.2. The topological polar surface area (TPSA) is 49.4 Å². The molecule has 1 aromatic carbocycles. The summed E-state index contributed by atoms with van der Waals surface area (Å²) in [5.74, 6) is -0.0451. The standard InChI is InChI=1S/C14H16Br2N2O2/c15-10-3-4-11(12(16)9-10)14(20)17-6-5-13(19)18-7-1-2-8-18/h3-4,9H,1-2,5-8H2,(H,17,20). The van der Waals surface area contributed by atoms with E-state index in [1.165, 1.54) is 0 Å². The van der Waals surface area contributed by atoms with Crippen LogP contribution < -0.4 is 5.32 Å². The first-order valence-corrected chi connectivity index (χ1v) is 8.17. The average Bonchev–Trinajstić information content (AvgIpc) is 2.92. The van der Waals surface area contributed by atoms with Gasteiger partial charge in [-0.05, 0) is 47.0 Å². The van der Waals surface area contributed by atoms with Gasteiger partial charge in [-0.25, -0.2) is 0 Å². The smallest absolute Gasteiger partial charge is 0.252 e. The van der Waals surface area contributed by atoms with Crippen molar-refractivity contribution >= 4 is 43.7 Å². The number of rotatable bonds is 4. The van der Waals surface area contributed by atoms with Gasteiger partial charge >= 0.3 is 0 Å². The number of halogens is 2. The van der Waals surface area contributed by atoms with Gasteiger partial charge in [-0.1, -0.05) is 15.9 Å². The quantitative estimate of drug-likeness (QED) is 0.840. The maximum Gasteiger partial charge on any atom is 0.252 e. The molecule has 2 amide bonds. The van der Waals surface area contributed by atoms with E-state index in [1.54, 1.807) is 6.07 Å². The highest BCUT2D eigenvalue weighted by molar-refractivity contribution is 9.11. The number of nitrogens with zero attached hydrogens (tertiary/aromatic N) is 1. The largest absolute Gasteiger partial charge is 0.351 e. The summed E-state index contributed by atoms with van der Waals surface area (Å²) < 4.78 is 1.64. The van der Waals surface area contributed by atoms with E-state index in [0.29, 0.717) is 18.5 Å². The van der Waals surface area contributed by atoms with Gasteiger partial charge in [-0.15, -0.1) is 0 Å². The highest BCUT2D eigenvalue weighted by atomic mass is 79.9. The molecular formula is C14H16Br2N2O2. The van der Waals surface area contributed by atoms with Gasteiger partial charge in [0.15, 0.2) is 0 Å². The van der Waals surface area contributed by atoms with E-state index in [0.717, 1.165) is 34.9 Å². The summed E-state index contributed by atoms with van der Waals surface area (Å²) in [6.45, 7) is 2.08. The Balaban J connectivity index is 1.81. The summed E-state index contributed by atoms with van der Waals surface area (Å²) in [7, 11) is 0. The number of hydrogen-bond donors (Lipinski definition) is 1. The molecular weight excluding hydrogens is 388 g/mol. The molecule has 4 nitrogen and oxygen atoms in total. The van der Waals surface area contributed by atoms with Gasteiger partial charge in [-0.2, -0.15) is 0 Å². The molecule has 0 radical (unpaired) electrons. The highest BCUT2D eigenvalue weighted by Gasteiger charge is 2.17. The van der Waals surface area contributed by atoms with E-state index in [2.05, 4.69) is 37.2 Å². The van der Waals surface area contributed by atoms with Crippen molar-refractivity contribution in [2.24, 2.45) is 0 Å². The van der Waals surface area contributed by atoms with Crippen molar-refractivity contribution < 1.29 is 9.59 Å². The minimum Gasteiger partial charge on any atom is -0.351 e. The van der Waals surface area contributed by atoms with Gasteiger partial charge in [0.1, 0.15) is 0 Å². The van der Waals surface area contributed by atoms with Crippen LogP contribution in [0.3, 0.4) is 0 Å². The SMILES string of the molecule is O=C(NCCC(=O)N1CCCC1)c1ccc(Br)cc1Br. The van der Waals surface area contributed by atoms with Gasteiger partial charge in [-0.3, -0.25) is 9.59 Å². The summed E-state index contributed by atoms with van der Waals surface area (Å²) in [5.41, 5.74) is 0.571. The third-order valence-electron chi connectivity index (χ3n) is 3.26. The van der Waals surface area contributed by atoms with Crippen LogP contribution in [0.1, 0.15) is 29.6 Å². The molecule has 1 aliphatic rings. The molecule has 0 saturated carbocycles. The van der Waals surface area contributed by atoms with E-state index < -0.39 is 0 Å². The Morgan fingerprint density at radius 2 is 1.90 bits per heavy atom. The maximum atomic E-state index is 12.0. The van der Waals surface area contributed by atoms with Crippen molar-refractivity contribution in [3.8, 4) is 0 Å². The lowest BCUT2D eigenvalue weighted by Gasteiger charge is -2.15. The number of benzene rings is 1. The van der Waals surface area contributed by atoms with Crippen molar-refractivity contribution in [2.45, 2.75) is 19.3 Å². The molecule has 0 bridgehead atoms. The lowest BCUT2D eigenvalue weighted by molar-refractivity contribution is -0.129. The van der Waals surface area contributed by atoms with Crippen LogP contribution in [0.25, 0.3) is 0 Å². The zero-order valence-corrected chi connectivity index (χ0v) is 14.2. The molecule has 1 aromatic rings. The number of likely N-dealkylation sites (tertiary alicyclic amines) is 1. The number of carbonyl (C=O) groups is 2. The zero-order chi connectivity index (χ0) is 14.5. The van der Waals surface area contributed by atoms with E-state index >= 15 is 0 Å². The lowest BCUT2D eigenvalue weighted by Crippen LogP contribution is -2.32. The first-order chi connectivity index (χ1) is 9.58. The maximum absolute atomic E-state index is 12.0. The normalized spacial score (nSPS) is 14.4. The van der Waals surface area contributed by atoms with Crippen molar-refractivity contribution in [2.75, 3.05) is 19.6 Å². The van der Waals surface area contributed by atoms with E-state index in [1.807, 2.05) is 17.0 Å². The number of hydrogen-bond acceptors (Lipinski definition) is 2. The minimum atomic E-state index is -0.168. The summed E-state index contributed by atoms with van der Waals surface area (Å²) in [6, 6.07) is 5.38. The van der Waals surface area contributed by atoms with Gasteiger partial charge in [0.2, 0.25) is 5.91 Å². The number of amides is 2. The monoisotopic (exact) mass is 402 g/mol. The second-order valence-corrected chi connectivity index (χ2v) is 6.49. The first kappa shape index (κ1) is 15.5. The Hall–Kier alpha value is -0.880. The molecule has 1 aliphatic heterocycles. The van der Waals surface area contributed by atoms with Gasteiger partial charge in [0.05, 0.1) is 5.56 Å². The van der Waals surface area contributed by atoms with E-state index in [4.69, 9.17) is 0 Å². The zero-order valence-electron chi connectivity index (χ0n) is 11.0. The van der Waals surface area contributed by atoms with Crippen LogP contribution in [0.5, 0.6) is 0 Å². The average molecular weight is 404 g/mol. The predicted molar refractivity (Wildman–Crippen MR) is 84.6 cm³/mol. The van der Waals surface area contributed by atoms with Crippen LogP contribution in [0.4, 0.5) is 0 Å². The van der Waals surface area contributed by atoms with Crippen molar-refractivity contribution in [3.05, 3.63) is 32.7 Å². The second-order valence-electron chi connectivity index (χ2n) is 4.72. The first-order valence-electron chi connectivity index (χ1n) is 6.59. The third-order valence-corrected chi connectivity index (χ3v) is 4.41. The Morgan fingerprint density at radius 3 is 2.55 bits per heavy atom. The minimum absolute atomic E-state index is 0.123. The molecule has 0 atom stereocenters. The summed E-state index contributed by atoms with van der Waals surface area (Å²) in [4.78, 5) is 25.7. The number of nitrogens with one attached hydrogen (secondary N) is 1. The van der Waals surface area contributed by atoms with Crippen LogP contribution in [-0.4, -0.2) is 36.3 Å². The molecule has 2 rings (SSSR count). The molecule has 1 saturated heterocycles. The predicted octanol–water partition coefficient (Wildman–Crippen LogP) is 2.95. The number of carbonyl (C=O) groups excluding carboxylic acids is 2. The van der Waals surface area contributed by atoms with Crippen molar-refractivity contribution in [3.63, 3.8) is 0 Å². The van der Waals surface area contributed by atoms with Crippen LogP contribution in [0, 0.1) is 0 Å². The summed E-state index contributed by atoms with van der Waals surface area (Å²) in [5, 5.41) is 2.78. The fourth-order valence-corrected chi connectivity index (χ4v) is 3.40. The Morgan fingerprint density at radius 1 is 1.20 bits per heavy atom. The van der Waals surface area contributed by atoms with Gasteiger partial charge < -0.3 is 10.2 Å². The highest BCUT2D eigenvalue weighted by Crippen LogP contribution is 2.21. The molecule has 1 fully saturated rings. The fourth-order valence-electron chi connectivity index (χ4n) is 2.18. The van der Waals surface area contributed by atoms with Crippen LogP contribution >= 0.6 is 31.9 Å². The molecule has 1 heterocycles. The molecule has 0 spiro atoms. The molecule has 20 heavy (non-hydrogen) atoms. The van der Waals surface area contributed by atoms with Gasteiger partial charge in [0.25, 0.3) is 5.91 Å². The van der Waals surface area contributed by atoms with Crippen LogP contribution in [0.15, 0.2) is 27.1 Å². The molecule has 108 valence electrons. The van der Waals surface area contributed by atoms with Crippen LogP contribution in [0.2, 0.25) is 0 Å². The molecule has 0 aliphatic carbocycles. The Bertz CT molecular complexity index is 514. The second kappa shape index (κ2) is 7.22. The Kier molecular flexibility index (Phi) is 5.60. The molecule has 1 N–H and O–H groups in total. The third kappa shape index (κ3) is 4.06.